The minimum absolute atomic E-state index is 0.275. The maximum atomic E-state index is 12.8. The van der Waals surface area contributed by atoms with Gasteiger partial charge in [-0.25, -0.2) is 9.07 Å². The summed E-state index contributed by atoms with van der Waals surface area (Å²) in [7, 11) is 0. The van der Waals surface area contributed by atoms with Crippen molar-refractivity contribution < 1.29 is 4.39 Å². The number of nitrogens with zero attached hydrogens (tertiary/aromatic N) is 4. The number of aromatic nitrogens is 3. The van der Waals surface area contributed by atoms with E-state index in [2.05, 4.69) is 20.8 Å². The molecule has 0 radical (unpaired) electrons. The Morgan fingerprint density at radius 3 is 2.67 bits per heavy atom. The molecule has 0 aliphatic rings. The second-order valence-electron chi connectivity index (χ2n) is 5.08. The molecule has 0 saturated carbocycles. The zero-order valence-corrected chi connectivity index (χ0v) is 12.9. The molecule has 1 N–H and O–H groups in total. The molecular weight excluding hydrogens is 305 g/mol. The molecule has 24 heavy (non-hydrogen) atoms. The standard InChI is InChI=1S/C18H16FN5/c19-16-8-10-17(11-9-16)21-20-12-4-7-18-14-24(23-22-18)13-15-5-2-1-3-6-15/h1-12,14,21H,13H2/b7-4+,20-12-. The molecule has 3 aromatic rings. The van der Waals surface area contributed by atoms with Crippen molar-refractivity contribution in [3.8, 4) is 0 Å². The third kappa shape index (κ3) is 4.61. The Hall–Kier alpha value is -3.28. The predicted octanol–water partition coefficient (Wildman–Crippen LogP) is 3.58. The fourth-order valence-corrected chi connectivity index (χ4v) is 2.06. The summed E-state index contributed by atoms with van der Waals surface area (Å²) in [5.74, 6) is -0.275. The minimum atomic E-state index is -0.275. The lowest BCUT2D eigenvalue weighted by Gasteiger charge is -1.98. The maximum absolute atomic E-state index is 12.8. The first-order valence-electron chi connectivity index (χ1n) is 7.45. The summed E-state index contributed by atoms with van der Waals surface area (Å²) in [4.78, 5) is 0. The Morgan fingerprint density at radius 2 is 1.88 bits per heavy atom. The van der Waals surface area contributed by atoms with Crippen LogP contribution in [-0.4, -0.2) is 21.2 Å². The highest BCUT2D eigenvalue weighted by molar-refractivity contribution is 5.78. The number of hydrazone groups is 1. The molecule has 0 amide bonds. The van der Waals surface area contributed by atoms with Crippen LogP contribution in [0.25, 0.3) is 6.08 Å². The van der Waals surface area contributed by atoms with Crippen LogP contribution >= 0.6 is 0 Å². The molecule has 120 valence electrons. The zero-order valence-electron chi connectivity index (χ0n) is 12.9. The number of hydrogen-bond acceptors (Lipinski definition) is 4. The first-order chi connectivity index (χ1) is 11.8. The summed E-state index contributed by atoms with van der Waals surface area (Å²) in [6, 6.07) is 16.1. The van der Waals surface area contributed by atoms with Gasteiger partial charge in [0.15, 0.2) is 0 Å². The number of allylic oxidation sites excluding steroid dienone is 1. The van der Waals surface area contributed by atoms with E-state index in [1.54, 1.807) is 29.1 Å². The van der Waals surface area contributed by atoms with Crippen molar-refractivity contribution in [2.75, 3.05) is 5.43 Å². The van der Waals surface area contributed by atoms with Crippen LogP contribution < -0.4 is 5.43 Å². The minimum Gasteiger partial charge on any atom is -0.279 e. The van der Waals surface area contributed by atoms with Gasteiger partial charge in [0.25, 0.3) is 0 Å². The average Bonchev–Trinajstić information content (AvgIpc) is 3.04. The largest absolute Gasteiger partial charge is 0.279 e. The van der Waals surface area contributed by atoms with Gasteiger partial charge in [0.05, 0.1) is 18.4 Å². The Labute approximate surface area is 139 Å². The topological polar surface area (TPSA) is 55.1 Å². The third-order valence-corrected chi connectivity index (χ3v) is 3.21. The van der Waals surface area contributed by atoms with Crippen molar-refractivity contribution >= 4 is 18.0 Å². The van der Waals surface area contributed by atoms with Gasteiger partial charge in [-0.2, -0.15) is 5.10 Å². The zero-order chi connectivity index (χ0) is 16.6. The van der Waals surface area contributed by atoms with E-state index in [-0.39, 0.29) is 5.82 Å². The molecule has 3 rings (SSSR count). The summed E-state index contributed by atoms with van der Waals surface area (Å²) in [5.41, 5.74) is 5.44. The van der Waals surface area contributed by atoms with E-state index in [1.165, 1.54) is 17.7 Å². The van der Waals surface area contributed by atoms with Gasteiger partial charge in [0.2, 0.25) is 0 Å². The highest BCUT2D eigenvalue weighted by Gasteiger charge is 1.98. The SMILES string of the molecule is Fc1ccc(N/N=C\C=C\c2cn(Cc3ccccc3)nn2)cc1. The van der Waals surface area contributed by atoms with E-state index in [4.69, 9.17) is 0 Å². The van der Waals surface area contributed by atoms with E-state index in [9.17, 15) is 4.39 Å². The second kappa shape index (κ2) is 7.82. The third-order valence-electron chi connectivity index (χ3n) is 3.21. The molecule has 0 aliphatic carbocycles. The van der Waals surface area contributed by atoms with Crippen molar-refractivity contribution in [1.29, 1.82) is 0 Å². The van der Waals surface area contributed by atoms with E-state index in [0.717, 1.165) is 11.4 Å². The molecule has 0 saturated heterocycles. The normalized spacial score (nSPS) is 11.4. The molecule has 0 spiro atoms. The van der Waals surface area contributed by atoms with Gasteiger partial charge in [0.1, 0.15) is 11.5 Å². The molecule has 0 atom stereocenters. The fraction of sp³-hybridized carbons (Fsp3) is 0.0556. The van der Waals surface area contributed by atoms with Gasteiger partial charge in [-0.05, 0) is 42.0 Å². The first-order valence-corrected chi connectivity index (χ1v) is 7.45. The summed E-state index contributed by atoms with van der Waals surface area (Å²) < 4.78 is 14.5. The number of benzene rings is 2. The molecule has 1 heterocycles. The van der Waals surface area contributed by atoms with Crippen molar-refractivity contribution in [2.24, 2.45) is 5.10 Å². The van der Waals surface area contributed by atoms with Crippen LogP contribution in [0, 0.1) is 5.82 Å². The monoisotopic (exact) mass is 321 g/mol. The Kier molecular flexibility index (Phi) is 5.09. The second-order valence-corrected chi connectivity index (χ2v) is 5.08. The lowest BCUT2D eigenvalue weighted by molar-refractivity contribution is 0.628. The highest BCUT2D eigenvalue weighted by atomic mass is 19.1. The smallest absolute Gasteiger partial charge is 0.123 e. The predicted molar refractivity (Wildman–Crippen MR) is 93.1 cm³/mol. The Bertz CT molecular complexity index is 822. The molecule has 0 bridgehead atoms. The highest BCUT2D eigenvalue weighted by Crippen LogP contribution is 2.07. The van der Waals surface area contributed by atoms with Gasteiger partial charge in [-0.1, -0.05) is 35.5 Å². The number of hydrogen-bond donors (Lipinski definition) is 1. The Morgan fingerprint density at radius 1 is 1.08 bits per heavy atom. The lowest BCUT2D eigenvalue weighted by Crippen LogP contribution is -1.99. The number of anilines is 1. The van der Waals surface area contributed by atoms with Gasteiger partial charge < -0.3 is 0 Å². The van der Waals surface area contributed by atoms with Crippen LogP contribution in [0.15, 0.2) is 72.0 Å². The summed E-state index contributed by atoms with van der Waals surface area (Å²) in [6.07, 6.45) is 7.03. The summed E-state index contributed by atoms with van der Waals surface area (Å²) in [5, 5.41) is 12.2. The lowest BCUT2D eigenvalue weighted by atomic mass is 10.2. The van der Waals surface area contributed by atoms with Crippen LogP contribution in [0.5, 0.6) is 0 Å². The van der Waals surface area contributed by atoms with E-state index >= 15 is 0 Å². The van der Waals surface area contributed by atoms with Crippen LogP contribution in [0.3, 0.4) is 0 Å². The van der Waals surface area contributed by atoms with Crippen molar-refractivity contribution in [3.05, 3.63) is 83.9 Å². The van der Waals surface area contributed by atoms with Gasteiger partial charge in [0, 0.05) is 6.21 Å². The van der Waals surface area contributed by atoms with Crippen molar-refractivity contribution in [2.45, 2.75) is 6.54 Å². The molecule has 2 aromatic carbocycles. The number of halogens is 1. The van der Waals surface area contributed by atoms with Crippen LogP contribution in [-0.2, 0) is 6.54 Å². The average molecular weight is 321 g/mol. The molecule has 0 aliphatic heterocycles. The summed E-state index contributed by atoms with van der Waals surface area (Å²) in [6.45, 7) is 0.682. The van der Waals surface area contributed by atoms with Crippen LogP contribution in [0.2, 0.25) is 0 Å². The van der Waals surface area contributed by atoms with Gasteiger partial charge in [-0.15, -0.1) is 5.10 Å². The van der Waals surface area contributed by atoms with Crippen molar-refractivity contribution in [3.63, 3.8) is 0 Å². The first kappa shape index (κ1) is 15.6. The number of rotatable bonds is 6. The fourth-order valence-electron chi connectivity index (χ4n) is 2.06. The molecule has 1 aromatic heterocycles. The molecule has 0 fully saturated rings. The molecule has 0 unspecified atom stereocenters. The quantitative estimate of drug-likeness (QED) is 0.558. The van der Waals surface area contributed by atoms with E-state index in [1.807, 2.05) is 42.6 Å². The molecule has 5 nitrogen and oxygen atoms in total. The van der Waals surface area contributed by atoms with Gasteiger partial charge >= 0.3 is 0 Å². The van der Waals surface area contributed by atoms with Crippen LogP contribution in [0.1, 0.15) is 11.3 Å². The van der Waals surface area contributed by atoms with Crippen LogP contribution in [0.4, 0.5) is 10.1 Å². The molecular formula is C18H16FN5. The Balaban J connectivity index is 1.51. The number of nitrogens with one attached hydrogen (secondary N) is 1. The van der Waals surface area contributed by atoms with E-state index in [0.29, 0.717) is 6.54 Å². The van der Waals surface area contributed by atoms with Crippen molar-refractivity contribution in [1.82, 2.24) is 15.0 Å². The summed E-state index contributed by atoms with van der Waals surface area (Å²) >= 11 is 0. The maximum Gasteiger partial charge on any atom is 0.123 e. The molecule has 6 heteroatoms. The van der Waals surface area contributed by atoms with E-state index < -0.39 is 0 Å². The van der Waals surface area contributed by atoms with Gasteiger partial charge in [-0.3, -0.25) is 5.43 Å².